The van der Waals surface area contributed by atoms with Crippen LogP contribution in [0.3, 0.4) is 0 Å². The molecule has 3 fully saturated rings. The summed E-state index contributed by atoms with van der Waals surface area (Å²) in [5, 5.41) is 0. The van der Waals surface area contributed by atoms with Gasteiger partial charge in [-0.1, -0.05) is 25.0 Å². The molecule has 0 aromatic heterocycles. The molecule has 10 heteroatoms. The van der Waals surface area contributed by atoms with Gasteiger partial charge in [-0.2, -0.15) is 8.78 Å². The molecular formula is C24H31F4N3O3. The first kappa shape index (κ1) is 24.8. The molecule has 1 aromatic carbocycles. The Morgan fingerprint density at radius 3 is 2.18 bits per heavy atom. The van der Waals surface area contributed by atoms with E-state index < -0.39 is 19.0 Å². The van der Waals surface area contributed by atoms with Crippen molar-refractivity contribution in [1.82, 2.24) is 9.80 Å². The van der Waals surface area contributed by atoms with Crippen LogP contribution in [0.15, 0.2) is 24.3 Å². The molecule has 2 atom stereocenters. The predicted octanol–water partition coefficient (Wildman–Crippen LogP) is 3.65. The Balaban J connectivity index is 1.24. The van der Waals surface area contributed by atoms with Crippen molar-refractivity contribution in [1.29, 1.82) is 0 Å². The minimum atomic E-state index is -4.21. The van der Waals surface area contributed by atoms with Crippen LogP contribution < -0.4 is 9.64 Å². The number of rotatable bonds is 9. The molecule has 1 aliphatic carbocycles. The number of benzene rings is 1. The van der Waals surface area contributed by atoms with E-state index in [0.29, 0.717) is 44.8 Å². The molecule has 0 spiro atoms. The van der Waals surface area contributed by atoms with Gasteiger partial charge in [0, 0.05) is 32.7 Å². The molecule has 2 heterocycles. The first-order chi connectivity index (χ1) is 16.3. The molecule has 0 radical (unpaired) electrons. The zero-order chi connectivity index (χ0) is 24.3. The Kier molecular flexibility index (Phi) is 7.64. The van der Waals surface area contributed by atoms with Gasteiger partial charge in [0.2, 0.25) is 11.8 Å². The van der Waals surface area contributed by atoms with Crippen LogP contribution in [0.25, 0.3) is 0 Å². The number of ether oxygens (including phenoxy) is 1. The average molecular weight is 486 g/mol. The van der Waals surface area contributed by atoms with Crippen LogP contribution in [0.4, 0.5) is 23.2 Å². The van der Waals surface area contributed by atoms with Crippen molar-refractivity contribution >= 4 is 17.5 Å². The van der Waals surface area contributed by atoms with E-state index in [4.69, 9.17) is 4.74 Å². The van der Waals surface area contributed by atoms with Crippen molar-refractivity contribution < 1.29 is 31.9 Å². The molecular weight excluding hydrogens is 454 g/mol. The third kappa shape index (κ3) is 5.31. The van der Waals surface area contributed by atoms with Crippen molar-refractivity contribution in [2.45, 2.75) is 44.5 Å². The number of alkyl halides is 4. The largest absolute Gasteiger partial charge is 0.485 e. The Labute approximate surface area is 196 Å². The molecule has 188 valence electrons. The summed E-state index contributed by atoms with van der Waals surface area (Å²) in [6.07, 6.45) is 0.595. The summed E-state index contributed by atoms with van der Waals surface area (Å²) in [5.41, 5.74) is 0.600. The second-order valence-electron chi connectivity index (χ2n) is 9.33. The molecule has 2 amide bonds. The van der Waals surface area contributed by atoms with E-state index >= 15 is 0 Å². The van der Waals surface area contributed by atoms with Gasteiger partial charge in [0.1, 0.15) is 5.75 Å². The van der Waals surface area contributed by atoms with Crippen LogP contribution in [0.1, 0.15) is 32.1 Å². The van der Waals surface area contributed by atoms with Gasteiger partial charge in [0.15, 0.2) is 6.61 Å². The summed E-state index contributed by atoms with van der Waals surface area (Å²) in [6, 6.07) is 6.61. The van der Waals surface area contributed by atoms with Gasteiger partial charge < -0.3 is 9.64 Å². The summed E-state index contributed by atoms with van der Waals surface area (Å²) >= 11 is 0. The number of hydrogen-bond acceptors (Lipinski definition) is 5. The Morgan fingerprint density at radius 2 is 1.56 bits per heavy atom. The number of halogens is 4. The molecule has 34 heavy (non-hydrogen) atoms. The highest BCUT2D eigenvalue weighted by Gasteiger charge is 2.47. The Morgan fingerprint density at radius 1 is 0.941 bits per heavy atom. The molecule has 0 bridgehead atoms. The molecule has 2 saturated heterocycles. The second-order valence-corrected chi connectivity index (χ2v) is 9.33. The number of piperazine rings is 1. The lowest BCUT2D eigenvalue weighted by atomic mass is 9.81. The number of imide groups is 1. The maximum Gasteiger partial charge on any atom is 0.340 e. The van der Waals surface area contributed by atoms with E-state index in [-0.39, 0.29) is 29.4 Å². The van der Waals surface area contributed by atoms with E-state index in [1.54, 1.807) is 18.2 Å². The molecule has 1 saturated carbocycles. The molecule has 2 unspecified atom stereocenters. The van der Waals surface area contributed by atoms with Crippen LogP contribution in [-0.4, -0.2) is 79.8 Å². The normalized spacial score (nSPS) is 24.1. The van der Waals surface area contributed by atoms with E-state index in [1.165, 1.54) is 11.0 Å². The fourth-order valence-corrected chi connectivity index (χ4v) is 5.19. The number of amides is 2. The van der Waals surface area contributed by atoms with Gasteiger partial charge in [-0.3, -0.25) is 19.4 Å². The van der Waals surface area contributed by atoms with Crippen LogP contribution in [0.5, 0.6) is 5.75 Å². The summed E-state index contributed by atoms with van der Waals surface area (Å²) in [4.78, 5) is 30.9. The van der Waals surface area contributed by atoms with Crippen molar-refractivity contribution in [2.75, 3.05) is 50.8 Å². The number of carbonyl (C=O) groups excluding carboxylic acids is 2. The third-order valence-corrected chi connectivity index (χ3v) is 7.11. The van der Waals surface area contributed by atoms with Crippen LogP contribution in [0, 0.1) is 11.8 Å². The predicted molar refractivity (Wildman–Crippen MR) is 118 cm³/mol. The van der Waals surface area contributed by atoms with Crippen LogP contribution >= 0.6 is 0 Å². The van der Waals surface area contributed by atoms with E-state index in [0.717, 1.165) is 32.2 Å². The molecule has 0 N–H and O–H groups in total. The first-order valence-corrected chi connectivity index (χ1v) is 12.0. The minimum absolute atomic E-state index is 0.00598. The quantitative estimate of drug-likeness (QED) is 0.395. The summed E-state index contributed by atoms with van der Waals surface area (Å²) < 4.78 is 56.5. The third-order valence-electron chi connectivity index (χ3n) is 7.11. The highest BCUT2D eigenvalue weighted by molar-refractivity contribution is 6.05. The number of hydrogen-bond donors (Lipinski definition) is 0. The van der Waals surface area contributed by atoms with Crippen molar-refractivity contribution in [3.63, 3.8) is 0 Å². The molecule has 6 nitrogen and oxygen atoms in total. The van der Waals surface area contributed by atoms with Gasteiger partial charge in [0.25, 0.3) is 0 Å². The average Bonchev–Trinajstić information content (AvgIpc) is 3.08. The summed E-state index contributed by atoms with van der Waals surface area (Å²) in [7, 11) is 0. The Bertz CT molecular complexity index is 853. The van der Waals surface area contributed by atoms with Gasteiger partial charge in [-0.15, -0.1) is 0 Å². The maximum absolute atomic E-state index is 13.3. The molecule has 4 rings (SSSR count). The lowest BCUT2D eigenvalue weighted by Gasteiger charge is -2.37. The van der Waals surface area contributed by atoms with E-state index in [1.807, 2.05) is 4.90 Å². The number of carbonyl (C=O) groups is 2. The van der Waals surface area contributed by atoms with Gasteiger partial charge >= 0.3 is 12.3 Å². The SMILES string of the molecule is O=C1C2CCCCC2C(=O)N1CCCN1CCN(c2ccccc2OCC(F)(F)C(F)F)CC1. The van der Waals surface area contributed by atoms with Crippen molar-refractivity contribution in [3.05, 3.63) is 24.3 Å². The highest BCUT2D eigenvalue weighted by atomic mass is 19.3. The maximum atomic E-state index is 13.3. The fraction of sp³-hybridized carbons (Fsp3) is 0.667. The van der Waals surface area contributed by atoms with Gasteiger partial charge in [-0.05, 0) is 37.9 Å². The fourth-order valence-electron chi connectivity index (χ4n) is 5.19. The van der Waals surface area contributed by atoms with Crippen LogP contribution in [-0.2, 0) is 9.59 Å². The number of anilines is 1. The van der Waals surface area contributed by atoms with Crippen molar-refractivity contribution in [2.24, 2.45) is 11.8 Å². The number of para-hydroxylation sites is 2. The lowest BCUT2D eigenvalue weighted by Crippen LogP contribution is -2.47. The van der Waals surface area contributed by atoms with E-state index in [2.05, 4.69) is 4.90 Å². The number of nitrogens with zero attached hydrogens (tertiary/aromatic N) is 3. The monoisotopic (exact) mass is 485 g/mol. The Hall–Kier alpha value is -2.36. The second kappa shape index (κ2) is 10.5. The summed E-state index contributed by atoms with van der Waals surface area (Å²) in [6.45, 7) is 2.49. The van der Waals surface area contributed by atoms with Gasteiger partial charge in [0.05, 0.1) is 17.5 Å². The van der Waals surface area contributed by atoms with Gasteiger partial charge in [-0.25, -0.2) is 8.78 Å². The number of fused-ring (bicyclic) bond motifs is 1. The highest BCUT2D eigenvalue weighted by Crippen LogP contribution is 2.38. The zero-order valence-electron chi connectivity index (χ0n) is 19.1. The number of likely N-dealkylation sites (tertiary alicyclic amines) is 1. The van der Waals surface area contributed by atoms with E-state index in [9.17, 15) is 27.2 Å². The van der Waals surface area contributed by atoms with Crippen LogP contribution in [0.2, 0.25) is 0 Å². The lowest BCUT2D eigenvalue weighted by molar-refractivity contribution is -0.148. The smallest absolute Gasteiger partial charge is 0.340 e. The molecule has 1 aromatic rings. The summed E-state index contributed by atoms with van der Waals surface area (Å²) in [5.74, 6) is -4.30. The molecule has 2 aliphatic heterocycles. The first-order valence-electron chi connectivity index (χ1n) is 12.0. The topological polar surface area (TPSA) is 53.1 Å². The minimum Gasteiger partial charge on any atom is -0.485 e. The zero-order valence-corrected chi connectivity index (χ0v) is 19.1. The molecule has 3 aliphatic rings. The standard InChI is InChI=1S/C24H31F4N3O3/c25-23(26)24(27,28)16-34-20-9-4-3-8-19(20)30-14-12-29(13-15-30)10-5-11-31-21(32)17-6-1-2-7-18(17)22(31)33/h3-4,8-9,17-18,23H,1-2,5-7,10-16H2. The van der Waals surface area contributed by atoms with Crippen molar-refractivity contribution in [3.8, 4) is 5.75 Å².